The van der Waals surface area contributed by atoms with Crippen LogP contribution in [0.15, 0.2) is 45.4 Å². The van der Waals surface area contributed by atoms with Gasteiger partial charge in [-0.1, -0.05) is 17.8 Å². The van der Waals surface area contributed by atoms with E-state index in [2.05, 4.69) is 15.5 Å². The number of carbonyl (C=O) groups is 1. The summed E-state index contributed by atoms with van der Waals surface area (Å²) in [5.41, 5.74) is 0.681. The van der Waals surface area contributed by atoms with Crippen molar-refractivity contribution in [3.63, 3.8) is 0 Å². The summed E-state index contributed by atoms with van der Waals surface area (Å²) < 4.78 is 16.2. The van der Waals surface area contributed by atoms with Crippen molar-refractivity contribution in [1.82, 2.24) is 15.5 Å². The highest BCUT2D eigenvalue weighted by Crippen LogP contribution is 2.31. The summed E-state index contributed by atoms with van der Waals surface area (Å²) in [6.45, 7) is 2.31. The van der Waals surface area contributed by atoms with E-state index in [1.54, 1.807) is 50.7 Å². The molecule has 0 radical (unpaired) electrons. The Hall–Kier alpha value is -2.52. The van der Waals surface area contributed by atoms with Crippen LogP contribution >= 0.6 is 23.1 Å². The molecule has 1 N–H and O–H groups in total. The molecule has 27 heavy (non-hydrogen) atoms. The molecule has 0 unspecified atom stereocenters. The highest BCUT2D eigenvalue weighted by Gasteiger charge is 2.19. The smallest absolute Gasteiger partial charge is 0.277 e. The molecule has 2 heterocycles. The zero-order chi connectivity index (χ0) is 19.2. The van der Waals surface area contributed by atoms with Crippen LogP contribution in [0.5, 0.6) is 11.5 Å². The van der Waals surface area contributed by atoms with Crippen molar-refractivity contribution in [1.29, 1.82) is 0 Å². The SMILES string of the molecule is COc1cc(OC)cc(-c2nnc(S[C@@H](C)C(=O)NCc3cccs3)o2)c1. The third-order valence-electron chi connectivity index (χ3n) is 3.67. The van der Waals surface area contributed by atoms with Gasteiger partial charge in [0.1, 0.15) is 11.5 Å². The molecule has 9 heteroatoms. The van der Waals surface area contributed by atoms with E-state index in [1.807, 2.05) is 17.5 Å². The number of aromatic nitrogens is 2. The van der Waals surface area contributed by atoms with Gasteiger partial charge in [-0.05, 0) is 30.5 Å². The van der Waals surface area contributed by atoms with Crippen LogP contribution in [0.2, 0.25) is 0 Å². The highest BCUT2D eigenvalue weighted by atomic mass is 32.2. The van der Waals surface area contributed by atoms with E-state index in [4.69, 9.17) is 13.9 Å². The van der Waals surface area contributed by atoms with Gasteiger partial charge in [-0.2, -0.15) is 0 Å². The molecular formula is C18H19N3O4S2. The van der Waals surface area contributed by atoms with E-state index in [1.165, 1.54) is 11.8 Å². The second kappa shape index (κ2) is 8.92. The van der Waals surface area contributed by atoms with Crippen molar-refractivity contribution < 1.29 is 18.7 Å². The summed E-state index contributed by atoms with van der Waals surface area (Å²) in [6.07, 6.45) is 0. The van der Waals surface area contributed by atoms with Gasteiger partial charge in [-0.15, -0.1) is 21.5 Å². The molecule has 3 rings (SSSR count). The van der Waals surface area contributed by atoms with Crippen LogP contribution in [0.1, 0.15) is 11.8 Å². The largest absolute Gasteiger partial charge is 0.497 e. The van der Waals surface area contributed by atoms with Crippen LogP contribution in [-0.2, 0) is 11.3 Å². The Kier molecular flexibility index (Phi) is 6.36. The van der Waals surface area contributed by atoms with Crippen molar-refractivity contribution >= 4 is 29.0 Å². The minimum atomic E-state index is -0.363. The molecule has 0 aliphatic rings. The van der Waals surface area contributed by atoms with Crippen LogP contribution in [0.25, 0.3) is 11.5 Å². The Morgan fingerprint density at radius 2 is 2.00 bits per heavy atom. The molecule has 0 fully saturated rings. The molecule has 0 bridgehead atoms. The Labute approximate surface area is 165 Å². The lowest BCUT2D eigenvalue weighted by molar-refractivity contribution is -0.120. The zero-order valence-corrected chi connectivity index (χ0v) is 16.7. The quantitative estimate of drug-likeness (QED) is 0.573. The molecule has 0 aliphatic heterocycles. The van der Waals surface area contributed by atoms with Crippen LogP contribution < -0.4 is 14.8 Å². The number of thiophene rings is 1. The lowest BCUT2D eigenvalue weighted by Gasteiger charge is -2.08. The fraction of sp³-hybridized carbons (Fsp3) is 0.278. The number of benzene rings is 1. The van der Waals surface area contributed by atoms with Gasteiger partial charge in [0, 0.05) is 16.5 Å². The predicted molar refractivity (Wildman–Crippen MR) is 104 cm³/mol. The standard InChI is InChI=1S/C18H19N3O4S2/c1-11(16(22)19-10-15-5-4-6-26-15)27-18-21-20-17(25-18)12-7-13(23-2)9-14(8-12)24-3/h4-9,11H,10H2,1-3H3,(H,19,22)/t11-/m0/s1. The number of thioether (sulfide) groups is 1. The molecule has 0 spiro atoms. The number of nitrogens with one attached hydrogen (secondary N) is 1. The Morgan fingerprint density at radius 1 is 1.26 bits per heavy atom. The normalized spacial score (nSPS) is 11.8. The van der Waals surface area contributed by atoms with Crippen LogP contribution in [0.3, 0.4) is 0 Å². The molecular weight excluding hydrogens is 386 g/mol. The fourth-order valence-electron chi connectivity index (χ4n) is 2.24. The number of carbonyl (C=O) groups excluding carboxylic acids is 1. The van der Waals surface area contributed by atoms with Crippen LogP contribution in [0, 0.1) is 0 Å². The van der Waals surface area contributed by atoms with Crippen LogP contribution in [-0.4, -0.2) is 35.6 Å². The Balaban J connectivity index is 1.64. The maximum absolute atomic E-state index is 12.2. The lowest BCUT2D eigenvalue weighted by Crippen LogP contribution is -2.30. The van der Waals surface area contributed by atoms with Gasteiger partial charge in [0.05, 0.1) is 26.0 Å². The Bertz CT molecular complexity index is 874. The minimum absolute atomic E-state index is 0.0869. The second-order valence-corrected chi connectivity index (χ2v) is 7.86. The van der Waals surface area contributed by atoms with Gasteiger partial charge in [0.25, 0.3) is 5.22 Å². The molecule has 2 aromatic heterocycles. The first-order chi connectivity index (χ1) is 13.1. The third-order valence-corrected chi connectivity index (χ3v) is 5.48. The van der Waals surface area contributed by atoms with E-state index in [0.29, 0.717) is 34.7 Å². The zero-order valence-electron chi connectivity index (χ0n) is 15.1. The molecule has 3 aromatic rings. The van der Waals surface area contributed by atoms with Gasteiger partial charge in [0.15, 0.2) is 0 Å². The first kappa shape index (κ1) is 19.2. The van der Waals surface area contributed by atoms with E-state index in [9.17, 15) is 4.79 Å². The van der Waals surface area contributed by atoms with Crippen LogP contribution in [0.4, 0.5) is 0 Å². The summed E-state index contributed by atoms with van der Waals surface area (Å²) >= 11 is 2.82. The van der Waals surface area contributed by atoms with Gasteiger partial charge >= 0.3 is 0 Å². The van der Waals surface area contributed by atoms with Crippen molar-refractivity contribution in [2.45, 2.75) is 23.9 Å². The molecule has 142 valence electrons. The Morgan fingerprint density at radius 3 is 2.63 bits per heavy atom. The topological polar surface area (TPSA) is 86.5 Å². The third kappa shape index (κ3) is 5.01. The molecule has 1 amide bonds. The van der Waals surface area contributed by atoms with Crippen molar-refractivity contribution in [2.75, 3.05) is 14.2 Å². The fourth-order valence-corrected chi connectivity index (χ4v) is 3.59. The molecule has 0 saturated carbocycles. The number of methoxy groups -OCH3 is 2. The second-order valence-electron chi connectivity index (χ2n) is 5.53. The van der Waals surface area contributed by atoms with E-state index in [-0.39, 0.29) is 11.2 Å². The lowest BCUT2D eigenvalue weighted by atomic mass is 10.2. The first-order valence-corrected chi connectivity index (χ1v) is 9.88. The summed E-state index contributed by atoms with van der Waals surface area (Å²) in [7, 11) is 3.15. The first-order valence-electron chi connectivity index (χ1n) is 8.12. The summed E-state index contributed by atoms with van der Waals surface area (Å²) in [5, 5.41) is 12.9. The molecule has 7 nitrogen and oxygen atoms in total. The summed E-state index contributed by atoms with van der Waals surface area (Å²) in [5.74, 6) is 1.49. The average molecular weight is 406 g/mol. The van der Waals surface area contributed by atoms with Crippen molar-refractivity contribution in [3.05, 3.63) is 40.6 Å². The molecule has 1 atom stereocenters. The summed E-state index contributed by atoms with van der Waals surface area (Å²) in [6, 6.07) is 9.26. The minimum Gasteiger partial charge on any atom is -0.497 e. The number of amides is 1. The number of ether oxygens (including phenoxy) is 2. The number of hydrogen-bond donors (Lipinski definition) is 1. The molecule has 1 aromatic carbocycles. The molecule has 0 aliphatic carbocycles. The van der Waals surface area contributed by atoms with Gasteiger partial charge < -0.3 is 19.2 Å². The van der Waals surface area contributed by atoms with E-state index in [0.717, 1.165) is 4.88 Å². The summed E-state index contributed by atoms with van der Waals surface area (Å²) in [4.78, 5) is 13.3. The van der Waals surface area contributed by atoms with Crippen molar-refractivity contribution in [2.24, 2.45) is 0 Å². The van der Waals surface area contributed by atoms with Gasteiger partial charge in [-0.3, -0.25) is 4.79 Å². The maximum Gasteiger partial charge on any atom is 0.277 e. The number of hydrogen-bond acceptors (Lipinski definition) is 8. The number of rotatable bonds is 8. The molecule has 0 saturated heterocycles. The van der Waals surface area contributed by atoms with Crippen molar-refractivity contribution in [3.8, 4) is 23.0 Å². The highest BCUT2D eigenvalue weighted by molar-refractivity contribution is 8.00. The van der Waals surface area contributed by atoms with E-state index < -0.39 is 0 Å². The maximum atomic E-state index is 12.2. The number of nitrogens with zero attached hydrogens (tertiary/aromatic N) is 2. The van der Waals surface area contributed by atoms with E-state index >= 15 is 0 Å². The monoisotopic (exact) mass is 405 g/mol. The predicted octanol–water partition coefficient (Wildman–Crippen LogP) is 3.61. The average Bonchev–Trinajstić information content (AvgIpc) is 3.37. The van der Waals surface area contributed by atoms with Gasteiger partial charge in [-0.25, -0.2) is 0 Å². The van der Waals surface area contributed by atoms with Gasteiger partial charge in [0.2, 0.25) is 11.8 Å².